The molecule has 0 aliphatic rings. The molecule has 3 heteroatoms. The van der Waals surface area contributed by atoms with Gasteiger partial charge >= 0.3 is 27.7 Å². The molecule has 0 heterocycles. The molecule has 0 radical (unpaired) electrons. The van der Waals surface area contributed by atoms with Crippen LogP contribution in [0, 0.1) is 6.07 Å². The van der Waals surface area contributed by atoms with Crippen LogP contribution in [0.2, 0.25) is 0 Å². The Balaban J connectivity index is 0.000000371. The molecule has 1 nitrogen and oxygen atoms in total. The zero-order chi connectivity index (χ0) is 7.82. The summed E-state index contributed by atoms with van der Waals surface area (Å²) in [6.45, 7) is 0. The summed E-state index contributed by atoms with van der Waals surface area (Å²) < 4.78 is 4.89. The number of hydrogen-bond donors (Lipinski definition) is 0. The minimum absolute atomic E-state index is 0.878. The van der Waals surface area contributed by atoms with Gasteiger partial charge in [0.2, 0.25) is 0 Å². The molecule has 0 fully saturated rings. The third-order valence-corrected chi connectivity index (χ3v) is 0.923. The average molecular weight is 249 g/mol. The molecule has 0 N–H and O–H groups in total. The molecule has 0 aliphatic heterocycles. The number of ether oxygens (including phenoxy) is 1. The van der Waals surface area contributed by atoms with Crippen LogP contribution in [-0.2, 0) is 18.2 Å². The molecular formula is C7H7ClOPd. The first-order valence-electron chi connectivity index (χ1n) is 2.55. The molecule has 10 heavy (non-hydrogen) atoms. The molecule has 0 saturated carbocycles. The van der Waals surface area contributed by atoms with E-state index in [4.69, 9.17) is 4.74 Å². The summed E-state index contributed by atoms with van der Waals surface area (Å²) in [5.41, 5.74) is 0. The predicted octanol–water partition coefficient (Wildman–Crippen LogP) is 2.18. The Morgan fingerprint density at radius 1 is 1.40 bits per heavy atom. The number of hydrogen-bond acceptors (Lipinski definition) is 1. The fourth-order valence-electron chi connectivity index (χ4n) is 0.508. The second-order valence-electron chi connectivity index (χ2n) is 1.44. The second-order valence-corrected chi connectivity index (χ2v) is 1.44. The molecule has 0 amide bonds. The number of benzene rings is 1. The monoisotopic (exact) mass is 248 g/mol. The van der Waals surface area contributed by atoms with Gasteiger partial charge < -0.3 is 4.74 Å². The Morgan fingerprint density at radius 2 is 1.90 bits per heavy atom. The number of methoxy groups -OCH3 is 1. The van der Waals surface area contributed by atoms with Gasteiger partial charge in [-0.3, -0.25) is 0 Å². The standard InChI is InChI=1S/C7H7O.ClH.Pd/c1-8-7-5-3-2-4-6-7;;/h3-6H,1H3;1H;/q-1;;+2/p-1. The fraction of sp³-hybridized carbons (Fsp3) is 0.143. The van der Waals surface area contributed by atoms with Gasteiger partial charge in [0, 0.05) is 5.75 Å². The normalized spacial score (nSPS) is 7.60. The van der Waals surface area contributed by atoms with E-state index in [1.54, 1.807) is 7.11 Å². The first-order chi connectivity index (χ1) is 4.93. The quantitative estimate of drug-likeness (QED) is 0.547. The molecule has 1 aromatic rings. The van der Waals surface area contributed by atoms with Crippen LogP contribution in [0.15, 0.2) is 24.3 Å². The van der Waals surface area contributed by atoms with Gasteiger partial charge in [0.15, 0.2) is 0 Å². The van der Waals surface area contributed by atoms with Crippen LogP contribution in [0.3, 0.4) is 0 Å². The summed E-state index contributed by atoms with van der Waals surface area (Å²) >= 11 is 2.22. The van der Waals surface area contributed by atoms with Crippen LogP contribution in [0.4, 0.5) is 0 Å². The SMILES string of the molecule is COc1cc[c-]cc1.[Cl][Pd+]. The zero-order valence-electron chi connectivity index (χ0n) is 5.41. The van der Waals surface area contributed by atoms with E-state index in [0.717, 1.165) is 5.75 Å². The van der Waals surface area contributed by atoms with E-state index in [2.05, 4.69) is 33.8 Å². The van der Waals surface area contributed by atoms with Crippen molar-refractivity contribution in [3.05, 3.63) is 30.3 Å². The number of rotatable bonds is 1. The molecule has 1 rings (SSSR count). The second kappa shape index (κ2) is 7.08. The van der Waals surface area contributed by atoms with Gasteiger partial charge in [-0.05, 0) is 0 Å². The van der Waals surface area contributed by atoms with Crippen molar-refractivity contribution in [2.45, 2.75) is 0 Å². The fourth-order valence-corrected chi connectivity index (χ4v) is 0.508. The van der Waals surface area contributed by atoms with Gasteiger partial charge in [-0.2, -0.15) is 18.2 Å². The molecule has 1 aromatic carbocycles. The van der Waals surface area contributed by atoms with Crippen LogP contribution >= 0.6 is 9.53 Å². The summed E-state index contributed by atoms with van der Waals surface area (Å²) in [5, 5.41) is 0. The van der Waals surface area contributed by atoms with Crippen LogP contribution in [0.1, 0.15) is 0 Å². The molecule has 0 bridgehead atoms. The average Bonchev–Trinajstić information content (AvgIpc) is 2.10. The molecule has 0 aliphatic carbocycles. The van der Waals surface area contributed by atoms with E-state index in [1.807, 2.05) is 24.3 Å². The minimum atomic E-state index is 0.878. The topological polar surface area (TPSA) is 9.23 Å². The number of halogens is 1. The predicted molar refractivity (Wildman–Crippen MR) is 37.7 cm³/mol. The summed E-state index contributed by atoms with van der Waals surface area (Å²) in [5.74, 6) is 0.878. The third-order valence-electron chi connectivity index (χ3n) is 0.923. The first-order valence-corrected chi connectivity index (χ1v) is 4.56. The van der Waals surface area contributed by atoms with Crippen molar-refractivity contribution in [1.82, 2.24) is 0 Å². The van der Waals surface area contributed by atoms with Crippen molar-refractivity contribution < 1.29 is 22.9 Å². The van der Waals surface area contributed by atoms with E-state index in [1.165, 1.54) is 0 Å². The molecule has 0 atom stereocenters. The van der Waals surface area contributed by atoms with Crippen LogP contribution in [-0.4, -0.2) is 7.11 Å². The summed E-state index contributed by atoms with van der Waals surface area (Å²) in [6.07, 6.45) is 0. The van der Waals surface area contributed by atoms with Crippen molar-refractivity contribution in [3.63, 3.8) is 0 Å². The molecule has 58 valence electrons. The van der Waals surface area contributed by atoms with Crippen molar-refractivity contribution in [1.29, 1.82) is 0 Å². The van der Waals surface area contributed by atoms with Gasteiger partial charge in [0.25, 0.3) is 0 Å². The molecular weight excluding hydrogens is 242 g/mol. The van der Waals surface area contributed by atoms with E-state index in [-0.39, 0.29) is 0 Å². The molecule has 0 saturated heterocycles. The summed E-state index contributed by atoms with van der Waals surface area (Å²) in [4.78, 5) is 0. The van der Waals surface area contributed by atoms with Crippen LogP contribution in [0.5, 0.6) is 5.75 Å². The Bertz CT molecular complexity index is 155. The van der Waals surface area contributed by atoms with E-state index in [9.17, 15) is 0 Å². The maximum absolute atomic E-state index is 4.89. The third kappa shape index (κ3) is 3.90. The van der Waals surface area contributed by atoms with Crippen molar-refractivity contribution in [3.8, 4) is 5.75 Å². The molecule has 0 spiro atoms. The van der Waals surface area contributed by atoms with Crippen LogP contribution < -0.4 is 4.74 Å². The van der Waals surface area contributed by atoms with Crippen molar-refractivity contribution >= 4 is 9.53 Å². The van der Waals surface area contributed by atoms with Gasteiger partial charge in [-0.15, -0.1) is 12.1 Å². The Kier molecular flexibility index (Phi) is 7.06. The summed E-state index contributed by atoms with van der Waals surface area (Å²) in [7, 11) is 6.14. The zero-order valence-corrected chi connectivity index (χ0v) is 7.72. The first kappa shape index (κ1) is 9.97. The Hall–Kier alpha value is -0.0277. The molecule has 0 aromatic heterocycles. The maximum atomic E-state index is 4.89. The van der Waals surface area contributed by atoms with Crippen LogP contribution in [0.25, 0.3) is 0 Å². The van der Waals surface area contributed by atoms with Gasteiger partial charge in [0.05, 0.1) is 7.11 Å². The summed E-state index contributed by atoms with van der Waals surface area (Å²) in [6, 6.07) is 10.2. The van der Waals surface area contributed by atoms with E-state index < -0.39 is 0 Å². The van der Waals surface area contributed by atoms with Gasteiger partial charge in [-0.1, -0.05) is 0 Å². The Labute approximate surface area is 75.7 Å². The van der Waals surface area contributed by atoms with E-state index >= 15 is 0 Å². The Morgan fingerprint density at radius 3 is 2.20 bits per heavy atom. The van der Waals surface area contributed by atoms with Gasteiger partial charge in [-0.25, -0.2) is 0 Å². The van der Waals surface area contributed by atoms with E-state index in [0.29, 0.717) is 0 Å². The van der Waals surface area contributed by atoms with Crippen molar-refractivity contribution in [2.75, 3.05) is 7.11 Å². The molecule has 0 unspecified atom stereocenters. The van der Waals surface area contributed by atoms with Gasteiger partial charge in [0.1, 0.15) is 0 Å². The van der Waals surface area contributed by atoms with Crippen molar-refractivity contribution in [2.24, 2.45) is 0 Å².